The van der Waals surface area contributed by atoms with Crippen LogP contribution < -0.4 is 10.5 Å². The van der Waals surface area contributed by atoms with Gasteiger partial charge in [0, 0.05) is 30.4 Å². The number of ether oxygens (including phenoxy) is 1. The Bertz CT molecular complexity index is 420. The van der Waals surface area contributed by atoms with E-state index < -0.39 is 0 Å². The van der Waals surface area contributed by atoms with E-state index in [1.165, 1.54) is 6.42 Å². The Hall–Kier alpha value is -1.13. The van der Waals surface area contributed by atoms with Crippen molar-refractivity contribution in [3.8, 4) is 5.75 Å². The number of nitrogens with zero attached hydrogens (tertiary/aromatic N) is 2. The van der Waals surface area contributed by atoms with E-state index in [1.54, 1.807) is 7.11 Å². The quantitative estimate of drug-likeness (QED) is 0.878. The van der Waals surface area contributed by atoms with Gasteiger partial charge in [-0.1, -0.05) is 0 Å². The molecule has 1 fully saturated rings. The normalized spacial score (nSPS) is 20.3. The summed E-state index contributed by atoms with van der Waals surface area (Å²) >= 11 is 0. The van der Waals surface area contributed by atoms with Crippen molar-refractivity contribution >= 4 is 0 Å². The maximum atomic E-state index is 5.72. The van der Waals surface area contributed by atoms with E-state index in [4.69, 9.17) is 10.5 Å². The number of nitrogens with two attached hydrogens (primary N) is 1. The van der Waals surface area contributed by atoms with Gasteiger partial charge in [-0.25, -0.2) is 0 Å². The molecule has 0 saturated carbocycles. The molecule has 2 rings (SSSR count). The van der Waals surface area contributed by atoms with E-state index in [2.05, 4.69) is 16.8 Å². The summed E-state index contributed by atoms with van der Waals surface area (Å²) in [6.07, 6.45) is 3.11. The minimum absolute atomic E-state index is 0.651. The van der Waals surface area contributed by atoms with Gasteiger partial charge >= 0.3 is 0 Å². The maximum absolute atomic E-state index is 5.72. The van der Waals surface area contributed by atoms with Crippen LogP contribution in [0.1, 0.15) is 23.2 Å². The van der Waals surface area contributed by atoms with E-state index in [9.17, 15) is 0 Å². The molecule has 100 valence electrons. The summed E-state index contributed by atoms with van der Waals surface area (Å²) in [6, 6.07) is 0. The summed E-state index contributed by atoms with van der Waals surface area (Å²) < 4.78 is 5.44. The SMILES string of the molecule is COc1c(C)cnc(CN2CC[C@@H](CN)C2)c1C. The van der Waals surface area contributed by atoms with E-state index in [-0.39, 0.29) is 0 Å². The highest BCUT2D eigenvalue weighted by atomic mass is 16.5. The number of hydrogen-bond donors (Lipinski definition) is 1. The highest BCUT2D eigenvalue weighted by Crippen LogP contribution is 2.26. The van der Waals surface area contributed by atoms with Gasteiger partial charge in [-0.3, -0.25) is 9.88 Å². The van der Waals surface area contributed by atoms with Gasteiger partial charge in [0.15, 0.2) is 0 Å². The Balaban J connectivity index is 2.10. The van der Waals surface area contributed by atoms with Crippen LogP contribution in [0.5, 0.6) is 5.75 Å². The zero-order chi connectivity index (χ0) is 13.1. The van der Waals surface area contributed by atoms with Crippen LogP contribution in [-0.4, -0.2) is 36.6 Å². The molecular formula is C14H23N3O. The summed E-state index contributed by atoms with van der Waals surface area (Å²) in [5.74, 6) is 1.62. The first-order valence-electron chi connectivity index (χ1n) is 6.57. The fourth-order valence-electron chi connectivity index (χ4n) is 2.69. The summed E-state index contributed by atoms with van der Waals surface area (Å²) in [4.78, 5) is 6.98. The summed E-state index contributed by atoms with van der Waals surface area (Å²) in [7, 11) is 1.72. The van der Waals surface area contributed by atoms with Gasteiger partial charge < -0.3 is 10.5 Å². The van der Waals surface area contributed by atoms with Crippen molar-refractivity contribution in [3.63, 3.8) is 0 Å². The number of pyridine rings is 1. The summed E-state index contributed by atoms with van der Waals surface area (Å²) in [6.45, 7) is 8.03. The average Bonchev–Trinajstić information content (AvgIpc) is 2.81. The minimum Gasteiger partial charge on any atom is -0.496 e. The van der Waals surface area contributed by atoms with Crippen LogP contribution in [0.15, 0.2) is 6.20 Å². The highest BCUT2D eigenvalue weighted by molar-refractivity contribution is 5.41. The molecule has 2 heterocycles. The van der Waals surface area contributed by atoms with Crippen LogP contribution in [0.3, 0.4) is 0 Å². The monoisotopic (exact) mass is 249 g/mol. The first-order chi connectivity index (χ1) is 8.65. The van der Waals surface area contributed by atoms with Gasteiger partial charge in [-0.2, -0.15) is 0 Å². The minimum atomic E-state index is 0.651. The maximum Gasteiger partial charge on any atom is 0.128 e. The number of methoxy groups -OCH3 is 1. The Labute approximate surface area is 109 Å². The second-order valence-corrected chi connectivity index (χ2v) is 5.17. The van der Waals surface area contributed by atoms with Gasteiger partial charge in [-0.05, 0) is 39.3 Å². The second kappa shape index (κ2) is 5.67. The van der Waals surface area contributed by atoms with Crippen LogP contribution in [0, 0.1) is 19.8 Å². The fourth-order valence-corrected chi connectivity index (χ4v) is 2.69. The van der Waals surface area contributed by atoms with Crippen LogP contribution in [0.2, 0.25) is 0 Å². The Morgan fingerprint density at radius 2 is 2.28 bits per heavy atom. The fraction of sp³-hybridized carbons (Fsp3) is 0.643. The Morgan fingerprint density at radius 1 is 1.50 bits per heavy atom. The van der Waals surface area contributed by atoms with E-state index in [1.807, 2.05) is 13.1 Å². The molecule has 1 aliphatic heterocycles. The third-order valence-corrected chi connectivity index (χ3v) is 3.83. The highest BCUT2D eigenvalue weighted by Gasteiger charge is 2.22. The van der Waals surface area contributed by atoms with Gasteiger partial charge in [0.2, 0.25) is 0 Å². The van der Waals surface area contributed by atoms with Crippen molar-refractivity contribution in [2.75, 3.05) is 26.7 Å². The second-order valence-electron chi connectivity index (χ2n) is 5.17. The van der Waals surface area contributed by atoms with Crippen LogP contribution >= 0.6 is 0 Å². The molecule has 0 radical (unpaired) electrons. The largest absolute Gasteiger partial charge is 0.496 e. The van der Waals surface area contributed by atoms with Gasteiger partial charge in [0.1, 0.15) is 5.75 Å². The summed E-state index contributed by atoms with van der Waals surface area (Å²) in [5.41, 5.74) is 9.10. The molecule has 0 aliphatic carbocycles. The van der Waals surface area contributed by atoms with Crippen molar-refractivity contribution in [1.82, 2.24) is 9.88 Å². The van der Waals surface area contributed by atoms with Crippen molar-refractivity contribution in [2.45, 2.75) is 26.8 Å². The first kappa shape index (κ1) is 13.3. The predicted molar refractivity (Wildman–Crippen MR) is 72.7 cm³/mol. The molecule has 0 aromatic carbocycles. The molecule has 1 saturated heterocycles. The molecule has 1 aromatic heterocycles. The lowest BCUT2D eigenvalue weighted by Gasteiger charge is -2.18. The number of aromatic nitrogens is 1. The van der Waals surface area contributed by atoms with Crippen LogP contribution in [0.25, 0.3) is 0 Å². The molecule has 2 N–H and O–H groups in total. The topological polar surface area (TPSA) is 51.4 Å². The zero-order valence-electron chi connectivity index (χ0n) is 11.6. The van der Waals surface area contributed by atoms with E-state index in [0.717, 1.165) is 48.7 Å². The number of likely N-dealkylation sites (tertiary alicyclic amines) is 1. The Morgan fingerprint density at radius 3 is 2.89 bits per heavy atom. The smallest absolute Gasteiger partial charge is 0.128 e. The molecule has 1 aromatic rings. The third-order valence-electron chi connectivity index (χ3n) is 3.83. The lowest BCUT2D eigenvalue weighted by Crippen LogP contribution is -2.23. The van der Waals surface area contributed by atoms with Gasteiger partial charge in [0.25, 0.3) is 0 Å². The Kier molecular flexibility index (Phi) is 4.19. The molecule has 0 spiro atoms. The molecule has 4 nitrogen and oxygen atoms in total. The molecule has 1 aliphatic rings. The number of hydrogen-bond acceptors (Lipinski definition) is 4. The first-order valence-corrected chi connectivity index (χ1v) is 6.57. The van der Waals surface area contributed by atoms with Gasteiger partial charge in [-0.15, -0.1) is 0 Å². The summed E-state index contributed by atoms with van der Waals surface area (Å²) in [5, 5.41) is 0. The molecule has 0 amide bonds. The third kappa shape index (κ3) is 2.65. The van der Waals surface area contributed by atoms with Crippen molar-refractivity contribution in [2.24, 2.45) is 11.7 Å². The molecule has 1 atom stereocenters. The average molecular weight is 249 g/mol. The zero-order valence-corrected chi connectivity index (χ0v) is 11.6. The van der Waals surface area contributed by atoms with Crippen molar-refractivity contribution in [3.05, 3.63) is 23.0 Å². The van der Waals surface area contributed by atoms with Crippen LogP contribution in [-0.2, 0) is 6.54 Å². The molecule has 0 bridgehead atoms. The molecule has 18 heavy (non-hydrogen) atoms. The lowest BCUT2D eigenvalue weighted by molar-refractivity contribution is 0.312. The number of aryl methyl sites for hydroxylation is 1. The van der Waals surface area contributed by atoms with E-state index in [0.29, 0.717) is 5.92 Å². The van der Waals surface area contributed by atoms with Crippen LogP contribution in [0.4, 0.5) is 0 Å². The number of rotatable bonds is 4. The molecule has 0 unspecified atom stereocenters. The lowest BCUT2D eigenvalue weighted by atomic mass is 10.1. The van der Waals surface area contributed by atoms with Crippen molar-refractivity contribution < 1.29 is 4.74 Å². The predicted octanol–water partition coefficient (Wildman–Crippen LogP) is 1.49. The van der Waals surface area contributed by atoms with E-state index >= 15 is 0 Å². The van der Waals surface area contributed by atoms with Crippen molar-refractivity contribution in [1.29, 1.82) is 0 Å². The van der Waals surface area contributed by atoms with Gasteiger partial charge in [0.05, 0.1) is 12.8 Å². The molecular weight excluding hydrogens is 226 g/mol. The molecule has 4 heteroatoms. The standard InChI is InChI=1S/C14H23N3O/c1-10-7-16-13(11(2)14(10)18-3)9-17-5-4-12(6-15)8-17/h7,12H,4-6,8-9,15H2,1-3H3/t12-/m0/s1.